The van der Waals surface area contributed by atoms with Crippen LogP contribution in [0.25, 0.3) is 0 Å². The van der Waals surface area contributed by atoms with E-state index in [-0.39, 0.29) is 16.5 Å². The summed E-state index contributed by atoms with van der Waals surface area (Å²) in [6.07, 6.45) is 35.1. The smallest absolute Gasteiger partial charge is 0.0636 e. The molecular formula is C48H80N2Ni. The summed E-state index contributed by atoms with van der Waals surface area (Å²) >= 11 is 0. The summed E-state index contributed by atoms with van der Waals surface area (Å²) in [6.45, 7) is 13.9. The fourth-order valence-corrected chi connectivity index (χ4v) is 7.21. The van der Waals surface area contributed by atoms with E-state index in [1.807, 2.05) is 0 Å². The van der Waals surface area contributed by atoms with Crippen molar-refractivity contribution in [1.82, 2.24) is 0 Å². The summed E-state index contributed by atoms with van der Waals surface area (Å²) in [5.74, 6) is 0. The van der Waals surface area contributed by atoms with Crippen molar-refractivity contribution in [2.75, 3.05) is 0 Å². The molecule has 0 aliphatic heterocycles. The second-order valence-electron chi connectivity index (χ2n) is 15.2. The van der Waals surface area contributed by atoms with E-state index in [1.165, 1.54) is 189 Å². The Kier molecular flexibility index (Phi) is 29.5. The van der Waals surface area contributed by atoms with E-state index in [4.69, 9.17) is 9.98 Å². The van der Waals surface area contributed by atoms with E-state index in [0.717, 1.165) is 24.2 Å². The van der Waals surface area contributed by atoms with Crippen molar-refractivity contribution in [2.24, 2.45) is 9.98 Å². The predicted octanol–water partition coefficient (Wildman–Crippen LogP) is 16.2. The van der Waals surface area contributed by atoms with E-state index in [9.17, 15) is 0 Å². The molecule has 2 aromatic rings. The average Bonchev–Trinajstić information content (AvgIpc) is 3.12. The minimum absolute atomic E-state index is 0. The third kappa shape index (κ3) is 20.9. The summed E-state index contributed by atoms with van der Waals surface area (Å²) in [4.78, 5) is 11.1. The van der Waals surface area contributed by atoms with Crippen molar-refractivity contribution in [3.63, 3.8) is 0 Å². The third-order valence-electron chi connectivity index (χ3n) is 10.5. The Morgan fingerprint density at radius 3 is 1.02 bits per heavy atom. The predicted molar refractivity (Wildman–Crippen MR) is 227 cm³/mol. The molecule has 0 fully saturated rings. The first-order valence-corrected chi connectivity index (χ1v) is 22.0. The molecule has 0 spiro atoms. The molecule has 2 nitrogen and oxygen atoms in total. The number of benzene rings is 2. The van der Waals surface area contributed by atoms with Crippen molar-refractivity contribution in [1.29, 1.82) is 0 Å². The monoisotopic (exact) mass is 743 g/mol. The first-order chi connectivity index (χ1) is 24.6. The number of unbranched alkanes of at least 4 members (excludes halogenated alkanes) is 16. The van der Waals surface area contributed by atoms with E-state index in [2.05, 4.69) is 77.9 Å². The van der Waals surface area contributed by atoms with E-state index in [0.29, 0.717) is 0 Å². The van der Waals surface area contributed by atoms with Crippen LogP contribution in [0, 0.1) is 0 Å². The van der Waals surface area contributed by atoms with E-state index >= 15 is 0 Å². The van der Waals surface area contributed by atoms with Gasteiger partial charge in [0, 0.05) is 16.5 Å². The maximum Gasteiger partial charge on any atom is 0.0636 e. The van der Waals surface area contributed by atoms with Crippen molar-refractivity contribution >= 4 is 22.8 Å². The van der Waals surface area contributed by atoms with Crippen LogP contribution in [0.15, 0.2) is 46.4 Å². The van der Waals surface area contributed by atoms with Gasteiger partial charge in [0.25, 0.3) is 0 Å². The molecule has 0 amide bonds. The largest absolute Gasteiger partial charge is 0.252 e. The fraction of sp³-hybridized carbons (Fsp3) is 0.708. The van der Waals surface area contributed by atoms with Crippen molar-refractivity contribution < 1.29 is 16.5 Å². The molecule has 3 heteroatoms. The van der Waals surface area contributed by atoms with Gasteiger partial charge >= 0.3 is 0 Å². The third-order valence-corrected chi connectivity index (χ3v) is 10.5. The summed E-state index contributed by atoms with van der Waals surface area (Å²) < 4.78 is 0. The molecule has 51 heavy (non-hydrogen) atoms. The molecule has 0 saturated heterocycles. The van der Waals surface area contributed by atoms with Gasteiger partial charge in [0.05, 0.1) is 22.8 Å². The second-order valence-corrected chi connectivity index (χ2v) is 15.2. The van der Waals surface area contributed by atoms with Gasteiger partial charge in [-0.3, -0.25) is 9.98 Å². The summed E-state index contributed by atoms with van der Waals surface area (Å²) in [5, 5.41) is 0. The van der Waals surface area contributed by atoms with Crippen LogP contribution in [0.2, 0.25) is 0 Å². The standard InChI is InChI=1S/C48H80N2.Ni/c1-7-13-19-21-22-28-34-48(50-46-38-36-42(30-24-16-10-4)44(40-46)32-26-18-12-6)47(33-27-20-14-8-2)49-45-37-35-41(29-23-15-9-3)43(39-45)31-25-17-11-5;/h35-40H,7-34H2,1-6H3;/b49-47+,50-48+;. The molecule has 0 atom stereocenters. The minimum Gasteiger partial charge on any atom is -0.252 e. The summed E-state index contributed by atoms with van der Waals surface area (Å²) in [6, 6.07) is 14.4. The zero-order chi connectivity index (χ0) is 36.1. The molecule has 0 heterocycles. The van der Waals surface area contributed by atoms with Crippen LogP contribution >= 0.6 is 0 Å². The van der Waals surface area contributed by atoms with Gasteiger partial charge in [0.1, 0.15) is 0 Å². The Balaban J connectivity index is 0.0000130. The number of nitrogens with zero attached hydrogens (tertiary/aromatic N) is 2. The van der Waals surface area contributed by atoms with Gasteiger partial charge in [-0.15, -0.1) is 0 Å². The van der Waals surface area contributed by atoms with Gasteiger partial charge < -0.3 is 0 Å². The summed E-state index contributed by atoms with van der Waals surface area (Å²) in [7, 11) is 0. The van der Waals surface area contributed by atoms with Crippen LogP contribution in [-0.2, 0) is 42.2 Å². The normalized spacial score (nSPS) is 12.0. The van der Waals surface area contributed by atoms with Crippen LogP contribution < -0.4 is 0 Å². The first-order valence-electron chi connectivity index (χ1n) is 22.0. The average molecular weight is 744 g/mol. The minimum atomic E-state index is 0. The number of hydrogen-bond acceptors (Lipinski definition) is 2. The molecule has 292 valence electrons. The molecule has 0 unspecified atom stereocenters. The number of aliphatic imine (C=N–C) groups is 2. The fourth-order valence-electron chi connectivity index (χ4n) is 7.21. The van der Waals surface area contributed by atoms with Crippen molar-refractivity contribution in [2.45, 2.75) is 221 Å². The molecular weight excluding hydrogens is 663 g/mol. The zero-order valence-electron chi connectivity index (χ0n) is 34.5. The van der Waals surface area contributed by atoms with Gasteiger partial charge in [-0.1, -0.05) is 156 Å². The molecule has 2 aromatic carbocycles. The SMILES string of the molecule is CCCCCCCCC(=N\c1ccc(CCCCC)c(CCCCC)c1)/C(CCCCCC)=N/c1ccc(CCCCC)c(CCCCC)c1.[Ni]. The van der Waals surface area contributed by atoms with Gasteiger partial charge in [-0.25, -0.2) is 0 Å². The molecule has 0 bridgehead atoms. The van der Waals surface area contributed by atoms with Crippen molar-refractivity contribution in [3.05, 3.63) is 58.7 Å². The van der Waals surface area contributed by atoms with Crippen LogP contribution in [0.1, 0.15) is 218 Å². The molecule has 0 N–H and O–H groups in total. The van der Waals surface area contributed by atoms with Gasteiger partial charge in [-0.2, -0.15) is 0 Å². The Labute approximate surface area is 327 Å². The molecule has 0 aromatic heterocycles. The zero-order valence-corrected chi connectivity index (χ0v) is 35.5. The maximum atomic E-state index is 5.55. The molecule has 2 rings (SSSR count). The second kappa shape index (κ2) is 31.8. The molecule has 0 aliphatic carbocycles. The van der Waals surface area contributed by atoms with Gasteiger partial charge in [0.2, 0.25) is 0 Å². The first kappa shape index (κ1) is 47.3. The van der Waals surface area contributed by atoms with E-state index < -0.39 is 0 Å². The van der Waals surface area contributed by atoms with Gasteiger partial charge in [-0.05, 0) is 124 Å². The number of hydrogen-bond donors (Lipinski definition) is 0. The Morgan fingerprint density at radius 2 is 0.647 bits per heavy atom. The molecule has 0 saturated carbocycles. The number of aryl methyl sites for hydroxylation is 4. The Morgan fingerprint density at radius 1 is 0.353 bits per heavy atom. The van der Waals surface area contributed by atoms with E-state index in [1.54, 1.807) is 11.1 Å². The molecule has 0 aliphatic rings. The topological polar surface area (TPSA) is 24.7 Å². The number of rotatable bonds is 31. The maximum absolute atomic E-state index is 5.55. The van der Waals surface area contributed by atoms with Crippen molar-refractivity contribution in [3.8, 4) is 0 Å². The molecule has 0 radical (unpaired) electrons. The Hall–Kier alpha value is -1.73. The van der Waals surface area contributed by atoms with Crippen LogP contribution in [-0.4, -0.2) is 11.4 Å². The quantitative estimate of drug-likeness (QED) is 0.0417. The summed E-state index contributed by atoms with van der Waals surface area (Å²) in [5.41, 5.74) is 10.9. The Bertz CT molecular complexity index is 1200. The van der Waals surface area contributed by atoms with Crippen LogP contribution in [0.3, 0.4) is 0 Å². The van der Waals surface area contributed by atoms with Crippen LogP contribution in [0.4, 0.5) is 11.4 Å². The van der Waals surface area contributed by atoms with Crippen LogP contribution in [0.5, 0.6) is 0 Å². The van der Waals surface area contributed by atoms with Gasteiger partial charge in [0.15, 0.2) is 0 Å².